The summed E-state index contributed by atoms with van der Waals surface area (Å²) >= 11 is 2.35. The molecule has 0 amide bonds. The van der Waals surface area contributed by atoms with Crippen molar-refractivity contribution in [1.29, 1.82) is 5.26 Å². The van der Waals surface area contributed by atoms with Gasteiger partial charge in [-0.3, -0.25) is 19.2 Å². The summed E-state index contributed by atoms with van der Waals surface area (Å²) in [7, 11) is 0. The number of hydrogen-bond acceptors (Lipinski definition) is 15. The predicted molar refractivity (Wildman–Crippen MR) is 244 cm³/mol. The van der Waals surface area contributed by atoms with Crippen LogP contribution in [0.1, 0.15) is 116 Å². The Bertz CT molecular complexity index is 2060. The fourth-order valence-electron chi connectivity index (χ4n) is 10.2. The molecule has 14 nitrogen and oxygen atoms in total. The second-order valence-electron chi connectivity index (χ2n) is 17.9. The van der Waals surface area contributed by atoms with Crippen LogP contribution in [-0.4, -0.2) is 62.2 Å². The molecule has 1 aromatic carbocycles. The lowest BCUT2D eigenvalue weighted by Crippen LogP contribution is -2.32. The highest BCUT2D eigenvalue weighted by molar-refractivity contribution is 8.24. The van der Waals surface area contributed by atoms with Crippen LogP contribution in [0, 0.1) is 65.2 Å². The van der Waals surface area contributed by atoms with E-state index in [1.54, 1.807) is 12.1 Å². The highest BCUT2D eigenvalue weighted by atomic mass is 32.2. The number of allylic oxidation sites excluding steroid dienone is 1. The summed E-state index contributed by atoms with van der Waals surface area (Å²) in [5, 5.41) is 9.69. The van der Waals surface area contributed by atoms with E-state index in [4.69, 9.17) is 35.0 Å². The van der Waals surface area contributed by atoms with Gasteiger partial charge >= 0.3 is 35.8 Å². The van der Waals surface area contributed by atoms with Gasteiger partial charge in [0.15, 0.2) is 0 Å². The zero-order valence-electron chi connectivity index (χ0n) is 37.5. The molecular formula is C50H60N2O12S2. The first-order valence-corrected chi connectivity index (χ1v) is 25.0. The summed E-state index contributed by atoms with van der Waals surface area (Å²) < 4.78 is 33.2. The standard InChI is InChI=1S/C50H60N2O12S2/c1-4-42(53)59-26-6-7-27-61-46(55)35-16-8-31(9-17-35)33-12-20-37(21-13-33)48(57)63-40-24-25-41(45-44(40)65-50(66-45)39(30-51)52-3)64-49(58)38-22-14-34(15-23-38)32-10-18-36(19-11-32)47(56)62-29-28-60-43(54)5-2/h4-5,24-25,31-38H,1-2,6-23,26-29H2/b50-39-. The van der Waals surface area contributed by atoms with Gasteiger partial charge in [-0.1, -0.05) is 36.7 Å². The molecule has 6 rings (SSSR count). The minimum Gasteiger partial charge on any atom is -0.465 e. The number of nitrogens with zero attached hydrogens (tertiary/aromatic N) is 2. The molecule has 16 heteroatoms. The highest BCUT2D eigenvalue weighted by Gasteiger charge is 2.39. The molecule has 66 heavy (non-hydrogen) atoms. The molecule has 0 aromatic heterocycles. The molecule has 1 aliphatic heterocycles. The van der Waals surface area contributed by atoms with Crippen LogP contribution in [0.4, 0.5) is 0 Å². The number of ether oxygens (including phenoxy) is 6. The molecule has 4 fully saturated rings. The van der Waals surface area contributed by atoms with Crippen molar-refractivity contribution in [1.82, 2.24) is 0 Å². The van der Waals surface area contributed by atoms with Gasteiger partial charge in [0, 0.05) is 12.2 Å². The van der Waals surface area contributed by atoms with E-state index in [0.29, 0.717) is 94.3 Å². The Hall–Kier alpha value is -5.06. The lowest BCUT2D eigenvalue weighted by molar-refractivity contribution is -0.154. The highest BCUT2D eigenvalue weighted by Crippen LogP contribution is 2.59. The number of carbonyl (C=O) groups is 6. The van der Waals surface area contributed by atoms with Crippen LogP contribution in [-0.2, 0) is 47.7 Å². The largest absolute Gasteiger partial charge is 0.465 e. The van der Waals surface area contributed by atoms with Crippen LogP contribution >= 0.6 is 23.5 Å². The lowest BCUT2D eigenvalue weighted by Gasteiger charge is -2.36. The minimum absolute atomic E-state index is 0.000366. The predicted octanol–water partition coefficient (Wildman–Crippen LogP) is 9.86. The first-order valence-electron chi connectivity index (χ1n) is 23.4. The van der Waals surface area contributed by atoms with Crippen molar-refractivity contribution in [2.75, 3.05) is 26.4 Å². The van der Waals surface area contributed by atoms with E-state index in [-0.39, 0.29) is 73.1 Å². The van der Waals surface area contributed by atoms with Crippen LogP contribution in [0.25, 0.3) is 4.85 Å². The Morgan fingerprint density at radius 2 is 0.894 bits per heavy atom. The van der Waals surface area contributed by atoms with Gasteiger partial charge in [0.2, 0.25) is 0 Å². The molecule has 1 heterocycles. The zero-order valence-corrected chi connectivity index (χ0v) is 39.1. The molecule has 0 radical (unpaired) electrons. The van der Waals surface area contributed by atoms with Crippen LogP contribution < -0.4 is 9.47 Å². The van der Waals surface area contributed by atoms with Crippen molar-refractivity contribution >= 4 is 59.3 Å². The van der Waals surface area contributed by atoms with Crippen molar-refractivity contribution in [3.63, 3.8) is 0 Å². The Labute approximate surface area is 395 Å². The SMILES string of the molecule is [C-]#[N+]/C(C#N)=C1/Sc2c(OC(=O)C3CCC(C4CCC(C(=O)OCCCCOC(=O)C=C)CC4)CC3)ccc(OC(=O)C3CCC(C4CCC(C(=O)OCCOC(=O)C=C)CC4)CC3)c2S1. The monoisotopic (exact) mass is 944 g/mol. The number of fused-ring (bicyclic) bond motifs is 1. The second-order valence-corrected chi connectivity index (χ2v) is 20.2. The van der Waals surface area contributed by atoms with Gasteiger partial charge in [0.1, 0.15) is 24.7 Å². The van der Waals surface area contributed by atoms with Crippen molar-refractivity contribution in [2.45, 2.75) is 125 Å². The maximum Gasteiger partial charge on any atom is 0.330 e. The molecule has 4 saturated carbocycles. The normalized spacial score (nSPS) is 26.7. The molecule has 0 unspecified atom stereocenters. The summed E-state index contributed by atoms with van der Waals surface area (Å²) in [4.78, 5) is 79.4. The van der Waals surface area contributed by atoms with E-state index in [9.17, 15) is 34.0 Å². The van der Waals surface area contributed by atoms with E-state index in [0.717, 1.165) is 89.2 Å². The van der Waals surface area contributed by atoms with Crippen molar-refractivity contribution in [3.8, 4) is 17.6 Å². The van der Waals surface area contributed by atoms with Gasteiger partial charge in [0.25, 0.3) is 5.70 Å². The zero-order chi connectivity index (χ0) is 47.0. The van der Waals surface area contributed by atoms with Gasteiger partial charge in [0.05, 0.1) is 63.6 Å². The van der Waals surface area contributed by atoms with E-state index in [2.05, 4.69) is 18.0 Å². The van der Waals surface area contributed by atoms with Crippen LogP contribution in [0.3, 0.4) is 0 Å². The van der Waals surface area contributed by atoms with Crippen LogP contribution in [0.2, 0.25) is 0 Å². The average Bonchev–Trinajstić information content (AvgIpc) is 3.81. The maximum atomic E-state index is 13.7. The lowest BCUT2D eigenvalue weighted by atomic mass is 9.69. The molecular weight excluding hydrogens is 885 g/mol. The number of thioether (sulfide) groups is 2. The molecule has 4 aliphatic carbocycles. The van der Waals surface area contributed by atoms with E-state index in [1.165, 1.54) is 23.5 Å². The van der Waals surface area contributed by atoms with Gasteiger partial charge in [-0.2, -0.15) is 0 Å². The molecule has 0 atom stereocenters. The molecule has 354 valence electrons. The van der Waals surface area contributed by atoms with E-state index >= 15 is 0 Å². The van der Waals surface area contributed by atoms with Crippen molar-refractivity contribution in [2.24, 2.45) is 47.3 Å². The smallest absolute Gasteiger partial charge is 0.330 e. The van der Waals surface area contributed by atoms with Gasteiger partial charge in [-0.15, -0.1) is 0 Å². The Morgan fingerprint density at radius 1 is 0.561 bits per heavy atom. The number of benzene rings is 1. The van der Waals surface area contributed by atoms with Crippen LogP contribution in [0.15, 0.2) is 57.2 Å². The molecule has 1 aromatic rings. The Kier molecular flexibility index (Phi) is 19.2. The van der Waals surface area contributed by atoms with Gasteiger partial charge < -0.3 is 28.4 Å². The summed E-state index contributed by atoms with van der Waals surface area (Å²) in [6, 6.07) is 5.22. The fraction of sp³-hybridized carbons (Fsp3) is 0.600. The van der Waals surface area contributed by atoms with E-state index < -0.39 is 11.9 Å². The molecule has 0 saturated heterocycles. The Balaban J connectivity index is 0.948. The molecule has 0 bridgehead atoms. The van der Waals surface area contributed by atoms with Crippen molar-refractivity contribution in [3.05, 3.63) is 58.8 Å². The third-order valence-electron chi connectivity index (χ3n) is 13.9. The van der Waals surface area contributed by atoms with E-state index in [1.807, 2.05) is 6.07 Å². The van der Waals surface area contributed by atoms with Crippen molar-refractivity contribution < 1.29 is 57.2 Å². The van der Waals surface area contributed by atoms with Gasteiger partial charge in [-0.25, -0.2) is 19.7 Å². The number of hydrogen-bond donors (Lipinski definition) is 0. The topological polar surface area (TPSA) is 186 Å². The summed E-state index contributed by atoms with van der Waals surface area (Å²) in [6.07, 6.45) is 16.6. The summed E-state index contributed by atoms with van der Waals surface area (Å²) in [5.41, 5.74) is -0.0866. The number of rotatable bonds is 18. The Morgan fingerprint density at radius 3 is 1.26 bits per heavy atom. The fourth-order valence-corrected chi connectivity index (χ4v) is 12.6. The summed E-state index contributed by atoms with van der Waals surface area (Å²) in [6.45, 7) is 14.9. The second kappa shape index (κ2) is 25.2. The maximum absolute atomic E-state index is 13.7. The molecule has 0 N–H and O–H groups in total. The van der Waals surface area contributed by atoms with Gasteiger partial charge in [-0.05, 0) is 151 Å². The quantitative estimate of drug-likeness (QED) is 0.0257. The minimum atomic E-state index is -0.554. The number of carbonyl (C=O) groups excluding carboxylic acids is 6. The summed E-state index contributed by atoms with van der Waals surface area (Å²) in [5.74, 6) is -0.394. The number of esters is 6. The molecule has 0 spiro atoms. The first-order chi connectivity index (χ1) is 32.0. The van der Waals surface area contributed by atoms with Crippen LogP contribution in [0.5, 0.6) is 11.5 Å². The third-order valence-corrected chi connectivity index (χ3v) is 16.6. The molecule has 5 aliphatic rings. The third kappa shape index (κ3) is 13.8. The average molecular weight is 945 g/mol. The first kappa shape index (κ1) is 50.4. The number of unbranched alkanes of at least 4 members (excludes halogenated alkanes) is 1. The number of nitriles is 1.